The lowest BCUT2D eigenvalue weighted by molar-refractivity contribution is 0.0950. The van der Waals surface area contributed by atoms with Crippen LogP contribution >= 0.6 is 0 Å². The van der Waals surface area contributed by atoms with Crippen molar-refractivity contribution in [2.24, 2.45) is 0 Å². The number of aliphatic hydroxyl groups excluding tert-OH is 1. The molecular weight excluding hydrogens is 316 g/mol. The Morgan fingerprint density at radius 1 is 0.960 bits per heavy atom. The summed E-state index contributed by atoms with van der Waals surface area (Å²) in [6, 6.07) is 18.0. The van der Waals surface area contributed by atoms with Crippen LogP contribution in [0.1, 0.15) is 21.5 Å². The van der Waals surface area contributed by atoms with E-state index >= 15 is 0 Å². The topological polar surface area (TPSA) is 71.5 Å². The van der Waals surface area contributed by atoms with E-state index < -0.39 is 0 Å². The number of nitrogens with zero attached hydrogens (tertiary/aromatic N) is 1. The molecule has 3 rings (SSSR count). The molecule has 25 heavy (non-hydrogen) atoms. The summed E-state index contributed by atoms with van der Waals surface area (Å²) in [5.74, 6) is 1.09. The summed E-state index contributed by atoms with van der Waals surface area (Å²) in [5.41, 5.74) is 2.25. The summed E-state index contributed by atoms with van der Waals surface area (Å²) in [5, 5.41) is 12.2. The van der Waals surface area contributed by atoms with Crippen LogP contribution in [0.25, 0.3) is 0 Å². The zero-order chi connectivity index (χ0) is 17.5. The second-order valence-corrected chi connectivity index (χ2v) is 5.42. The molecule has 0 spiro atoms. The first kappa shape index (κ1) is 16.7. The minimum absolute atomic E-state index is 0.0492. The molecule has 0 saturated heterocycles. The molecule has 3 aromatic rings. The number of carbonyl (C=O) groups is 1. The predicted octanol–water partition coefficient (Wildman–Crippen LogP) is 3.30. The molecule has 0 radical (unpaired) electrons. The largest absolute Gasteiger partial charge is 0.456 e. The predicted molar refractivity (Wildman–Crippen MR) is 94.3 cm³/mol. The standard InChI is InChI=1S/C20H18N2O3/c23-14-17-5-2-1-4-16(17)12-22-20(24)15-7-9-18(10-8-15)25-19-6-3-11-21-13-19/h1-11,13,23H,12,14H2,(H,22,24). The molecule has 1 aromatic heterocycles. The SMILES string of the molecule is O=C(NCc1ccccc1CO)c1ccc(Oc2cccnc2)cc1. The third kappa shape index (κ3) is 4.43. The van der Waals surface area contributed by atoms with Crippen LogP contribution in [0.5, 0.6) is 11.5 Å². The Bertz CT molecular complexity index is 833. The minimum Gasteiger partial charge on any atom is -0.456 e. The Labute approximate surface area is 145 Å². The van der Waals surface area contributed by atoms with Crippen LogP contribution in [0.15, 0.2) is 73.1 Å². The number of ether oxygens (including phenoxy) is 1. The molecule has 2 aromatic carbocycles. The van der Waals surface area contributed by atoms with Gasteiger partial charge >= 0.3 is 0 Å². The molecule has 0 fully saturated rings. The maximum absolute atomic E-state index is 12.3. The average molecular weight is 334 g/mol. The van der Waals surface area contributed by atoms with Gasteiger partial charge in [-0.15, -0.1) is 0 Å². The number of amides is 1. The highest BCUT2D eigenvalue weighted by molar-refractivity contribution is 5.94. The van der Waals surface area contributed by atoms with Gasteiger partial charge in [0.05, 0.1) is 12.8 Å². The summed E-state index contributed by atoms with van der Waals surface area (Å²) in [6.45, 7) is 0.315. The molecule has 0 unspecified atom stereocenters. The Balaban J connectivity index is 1.61. The Morgan fingerprint density at radius 3 is 2.40 bits per heavy atom. The smallest absolute Gasteiger partial charge is 0.251 e. The molecule has 0 atom stereocenters. The van der Waals surface area contributed by atoms with Crippen LogP contribution in [0.4, 0.5) is 0 Å². The molecule has 0 aliphatic heterocycles. The fourth-order valence-corrected chi connectivity index (χ4v) is 2.38. The number of hydrogen-bond donors (Lipinski definition) is 2. The molecule has 0 saturated carbocycles. The van der Waals surface area contributed by atoms with Crippen molar-refractivity contribution in [3.63, 3.8) is 0 Å². The molecule has 0 aliphatic carbocycles. The van der Waals surface area contributed by atoms with Gasteiger partial charge in [0.1, 0.15) is 11.5 Å². The van der Waals surface area contributed by atoms with E-state index in [1.165, 1.54) is 0 Å². The summed E-state index contributed by atoms with van der Waals surface area (Å²) in [4.78, 5) is 16.2. The van der Waals surface area contributed by atoms with Gasteiger partial charge in [-0.3, -0.25) is 9.78 Å². The highest BCUT2D eigenvalue weighted by atomic mass is 16.5. The van der Waals surface area contributed by atoms with E-state index in [2.05, 4.69) is 10.3 Å². The van der Waals surface area contributed by atoms with Crippen molar-refractivity contribution < 1.29 is 14.6 Å². The van der Waals surface area contributed by atoms with Crippen molar-refractivity contribution in [1.29, 1.82) is 0 Å². The molecule has 5 heteroatoms. The second-order valence-electron chi connectivity index (χ2n) is 5.42. The van der Waals surface area contributed by atoms with Crippen molar-refractivity contribution in [1.82, 2.24) is 10.3 Å². The van der Waals surface area contributed by atoms with Gasteiger partial charge in [-0.2, -0.15) is 0 Å². The lowest BCUT2D eigenvalue weighted by atomic mass is 10.1. The van der Waals surface area contributed by atoms with Gasteiger partial charge in [0.25, 0.3) is 5.91 Å². The van der Waals surface area contributed by atoms with Crippen LogP contribution in [0, 0.1) is 0 Å². The summed E-state index contributed by atoms with van der Waals surface area (Å²) in [7, 11) is 0. The van der Waals surface area contributed by atoms with Crippen molar-refractivity contribution in [3.05, 3.63) is 89.7 Å². The van der Waals surface area contributed by atoms with Gasteiger partial charge in [0.15, 0.2) is 0 Å². The highest BCUT2D eigenvalue weighted by Gasteiger charge is 2.07. The number of pyridine rings is 1. The van der Waals surface area contributed by atoms with E-state index in [-0.39, 0.29) is 12.5 Å². The van der Waals surface area contributed by atoms with Crippen LogP contribution < -0.4 is 10.1 Å². The van der Waals surface area contributed by atoms with Crippen LogP contribution in [0.2, 0.25) is 0 Å². The molecule has 5 nitrogen and oxygen atoms in total. The van der Waals surface area contributed by atoms with Gasteiger partial charge in [0, 0.05) is 18.3 Å². The van der Waals surface area contributed by atoms with E-state index in [4.69, 9.17) is 4.74 Å². The van der Waals surface area contributed by atoms with Crippen molar-refractivity contribution >= 4 is 5.91 Å². The summed E-state index contributed by atoms with van der Waals surface area (Å²) >= 11 is 0. The number of rotatable bonds is 6. The number of benzene rings is 2. The molecular formula is C20H18N2O3. The molecule has 1 amide bonds. The van der Waals surface area contributed by atoms with Gasteiger partial charge < -0.3 is 15.2 Å². The fourth-order valence-electron chi connectivity index (χ4n) is 2.38. The Hall–Kier alpha value is -3.18. The van der Waals surface area contributed by atoms with Crippen LogP contribution in [0.3, 0.4) is 0 Å². The first-order chi connectivity index (χ1) is 12.3. The third-order valence-corrected chi connectivity index (χ3v) is 3.71. The third-order valence-electron chi connectivity index (χ3n) is 3.71. The van der Waals surface area contributed by atoms with Gasteiger partial charge in [-0.25, -0.2) is 0 Å². The maximum Gasteiger partial charge on any atom is 0.251 e. The lowest BCUT2D eigenvalue weighted by Gasteiger charge is -2.10. The minimum atomic E-state index is -0.180. The van der Waals surface area contributed by atoms with Gasteiger partial charge in [0.2, 0.25) is 0 Å². The van der Waals surface area contributed by atoms with Gasteiger partial charge in [-0.1, -0.05) is 24.3 Å². The number of aliphatic hydroxyl groups is 1. The molecule has 1 heterocycles. The molecule has 0 aliphatic rings. The van der Waals surface area contributed by atoms with Crippen molar-refractivity contribution in [2.75, 3.05) is 0 Å². The van der Waals surface area contributed by atoms with E-state index in [9.17, 15) is 9.90 Å². The maximum atomic E-state index is 12.3. The zero-order valence-corrected chi connectivity index (χ0v) is 13.6. The summed E-state index contributed by atoms with van der Waals surface area (Å²) in [6.07, 6.45) is 3.30. The lowest BCUT2D eigenvalue weighted by Crippen LogP contribution is -2.23. The van der Waals surface area contributed by atoms with Gasteiger partial charge in [-0.05, 0) is 47.5 Å². The first-order valence-electron chi connectivity index (χ1n) is 7.90. The quantitative estimate of drug-likeness (QED) is 0.725. The molecule has 0 bridgehead atoms. The normalized spacial score (nSPS) is 10.3. The van der Waals surface area contributed by atoms with Crippen LogP contribution in [-0.2, 0) is 13.2 Å². The zero-order valence-electron chi connectivity index (χ0n) is 13.6. The second kappa shape index (κ2) is 8.08. The monoisotopic (exact) mass is 334 g/mol. The van der Waals surface area contributed by atoms with E-state index in [1.54, 1.807) is 42.7 Å². The number of carbonyl (C=O) groups excluding carboxylic acids is 1. The van der Waals surface area contributed by atoms with Crippen LogP contribution in [-0.4, -0.2) is 16.0 Å². The Kier molecular flexibility index (Phi) is 5.39. The number of nitrogens with one attached hydrogen (secondary N) is 1. The van der Waals surface area contributed by atoms with Crippen molar-refractivity contribution in [3.8, 4) is 11.5 Å². The number of aromatic nitrogens is 1. The first-order valence-corrected chi connectivity index (χ1v) is 7.90. The van der Waals surface area contributed by atoms with Crippen molar-refractivity contribution in [2.45, 2.75) is 13.2 Å². The van der Waals surface area contributed by atoms with E-state index in [0.29, 0.717) is 23.6 Å². The van der Waals surface area contributed by atoms with E-state index in [1.807, 2.05) is 30.3 Å². The van der Waals surface area contributed by atoms with E-state index in [0.717, 1.165) is 11.1 Å². The summed E-state index contributed by atoms with van der Waals surface area (Å²) < 4.78 is 5.65. The molecule has 126 valence electrons. The number of hydrogen-bond acceptors (Lipinski definition) is 4. The molecule has 2 N–H and O–H groups in total. The fraction of sp³-hybridized carbons (Fsp3) is 0.100. The average Bonchev–Trinajstić information content (AvgIpc) is 2.67. The Morgan fingerprint density at radius 2 is 1.72 bits per heavy atom. The highest BCUT2D eigenvalue weighted by Crippen LogP contribution is 2.20.